The van der Waals surface area contributed by atoms with Gasteiger partial charge in [-0.1, -0.05) is 26.0 Å². The number of benzene rings is 1. The minimum absolute atomic E-state index is 0.0541. The molecule has 0 saturated carbocycles. The SMILES string of the molecule is CC1(C)CCN(CCC(O)c2cccc(F)c2F)C1. The fourth-order valence-corrected chi connectivity index (χ4v) is 2.65. The molecule has 0 aliphatic carbocycles. The smallest absolute Gasteiger partial charge is 0.164 e. The molecule has 106 valence electrons. The highest BCUT2D eigenvalue weighted by Crippen LogP contribution is 2.30. The van der Waals surface area contributed by atoms with Crippen molar-refractivity contribution in [2.24, 2.45) is 5.41 Å². The van der Waals surface area contributed by atoms with Crippen molar-refractivity contribution in [1.82, 2.24) is 4.90 Å². The third-order valence-electron chi connectivity index (χ3n) is 3.82. The van der Waals surface area contributed by atoms with Gasteiger partial charge in [0.05, 0.1) is 6.10 Å². The number of hydrogen-bond acceptors (Lipinski definition) is 2. The van der Waals surface area contributed by atoms with Crippen LogP contribution in [0.25, 0.3) is 0 Å². The largest absolute Gasteiger partial charge is 0.388 e. The first-order valence-electron chi connectivity index (χ1n) is 6.73. The molecule has 0 amide bonds. The summed E-state index contributed by atoms with van der Waals surface area (Å²) in [6, 6.07) is 3.93. The fraction of sp³-hybridized carbons (Fsp3) is 0.600. The molecule has 1 saturated heterocycles. The van der Waals surface area contributed by atoms with E-state index in [1.807, 2.05) is 0 Å². The number of nitrogens with zero attached hydrogens (tertiary/aromatic N) is 1. The van der Waals surface area contributed by atoms with E-state index in [1.165, 1.54) is 12.1 Å². The van der Waals surface area contributed by atoms with E-state index in [-0.39, 0.29) is 5.56 Å². The monoisotopic (exact) mass is 269 g/mol. The molecule has 19 heavy (non-hydrogen) atoms. The summed E-state index contributed by atoms with van der Waals surface area (Å²) in [7, 11) is 0. The van der Waals surface area contributed by atoms with E-state index in [0.29, 0.717) is 18.4 Å². The van der Waals surface area contributed by atoms with Crippen LogP contribution in [0.1, 0.15) is 38.4 Å². The van der Waals surface area contributed by atoms with Crippen molar-refractivity contribution < 1.29 is 13.9 Å². The van der Waals surface area contributed by atoms with Crippen LogP contribution in [0.2, 0.25) is 0 Å². The predicted octanol–water partition coefficient (Wildman–Crippen LogP) is 3.12. The van der Waals surface area contributed by atoms with Gasteiger partial charge in [-0.05, 0) is 30.9 Å². The number of hydrogen-bond donors (Lipinski definition) is 1. The molecular weight excluding hydrogens is 248 g/mol. The number of aliphatic hydroxyl groups excluding tert-OH is 1. The third kappa shape index (κ3) is 3.51. The lowest BCUT2D eigenvalue weighted by molar-refractivity contribution is 0.141. The van der Waals surface area contributed by atoms with Gasteiger partial charge in [-0.25, -0.2) is 8.78 Å². The second-order valence-corrected chi connectivity index (χ2v) is 6.14. The lowest BCUT2D eigenvalue weighted by atomic mass is 9.93. The molecule has 0 aromatic heterocycles. The summed E-state index contributed by atoms with van der Waals surface area (Å²) >= 11 is 0. The Bertz CT molecular complexity index is 448. The Kier molecular flexibility index (Phi) is 4.21. The zero-order valence-corrected chi connectivity index (χ0v) is 11.5. The topological polar surface area (TPSA) is 23.5 Å². The minimum atomic E-state index is -0.945. The molecule has 1 aliphatic heterocycles. The van der Waals surface area contributed by atoms with E-state index in [1.54, 1.807) is 0 Å². The Morgan fingerprint density at radius 1 is 1.37 bits per heavy atom. The molecule has 0 radical (unpaired) electrons. The summed E-state index contributed by atoms with van der Waals surface area (Å²) < 4.78 is 26.6. The molecule has 4 heteroatoms. The Labute approximate surface area is 113 Å². The van der Waals surface area contributed by atoms with Gasteiger partial charge in [0.2, 0.25) is 0 Å². The van der Waals surface area contributed by atoms with Crippen molar-refractivity contribution in [2.45, 2.75) is 32.8 Å². The van der Waals surface area contributed by atoms with Gasteiger partial charge in [-0.2, -0.15) is 0 Å². The standard InChI is InChI=1S/C15H21F2NO/c1-15(2)7-9-18(10-15)8-6-13(19)11-4-3-5-12(16)14(11)17/h3-5,13,19H,6-10H2,1-2H3. The van der Waals surface area contributed by atoms with Crippen LogP contribution >= 0.6 is 0 Å². The molecular formula is C15H21F2NO. The van der Waals surface area contributed by atoms with Crippen LogP contribution in [0.4, 0.5) is 8.78 Å². The lowest BCUT2D eigenvalue weighted by Gasteiger charge is -2.21. The van der Waals surface area contributed by atoms with Crippen LogP contribution in [-0.4, -0.2) is 29.6 Å². The van der Waals surface area contributed by atoms with E-state index < -0.39 is 17.7 Å². The van der Waals surface area contributed by atoms with Gasteiger partial charge in [-0.3, -0.25) is 0 Å². The van der Waals surface area contributed by atoms with Gasteiger partial charge in [0.1, 0.15) is 0 Å². The van der Waals surface area contributed by atoms with Gasteiger partial charge < -0.3 is 10.0 Å². The fourth-order valence-electron chi connectivity index (χ4n) is 2.65. The highest BCUT2D eigenvalue weighted by atomic mass is 19.2. The van der Waals surface area contributed by atoms with Crippen molar-refractivity contribution in [1.29, 1.82) is 0 Å². The molecule has 1 N–H and O–H groups in total. The molecule has 1 unspecified atom stereocenters. The van der Waals surface area contributed by atoms with E-state index in [4.69, 9.17) is 0 Å². The molecule has 0 bridgehead atoms. The maximum Gasteiger partial charge on any atom is 0.164 e. The summed E-state index contributed by atoms with van der Waals surface area (Å²) in [6.07, 6.45) is 0.618. The molecule has 1 fully saturated rings. The number of rotatable bonds is 4. The van der Waals surface area contributed by atoms with E-state index in [9.17, 15) is 13.9 Å². The molecule has 1 aliphatic rings. The van der Waals surface area contributed by atoms with Crippen LogP contribution in [0.3, 0.4) is 0 Å². The normalized spacial score (nSPS) is 20.7. The van der Waals surface area contributed by atoms with Gasteiger partial charge in [0, 0.05) is 18.7 Å². The Morgan fingerprint density at radius 3 is 2.74 bits per heavy atom. The molecule has 1 aromatic carbocycles. The van der Waals surface area contributed by atoms with Crippen molar-refractivity contribution in [3.63, 3.8) is 0 Å². The van der Waals surface area contributed by atoms with Crippen LogP contribution < -0.4 is 0 Å². The van der Waals surface area contributed by atoms with Gasteiger partial charge >= 0.3 is 0 Å². The maximum atomic E-state index is 13.5. The van der Waals surface area contributed by atoms with Crippen LogP contribution in [0.5, 0.6) is 0 Å². The average Bonchev–Trinajstić information content (AvgIpc) is 2.69. The molecule has 2 rings (SSSR count). The number of aliphatic hydroxyl groups is 1. The van der Waals surface area contributed by atoms with E-state index in [2.05, 4.69) is 18.7 Å². The third-order valence-corrected chi connectivity index (χ3v) is 3.82. The van der Waals surface area contributed by atoms with Gasteiger partial charge in [0.15, 0.2) is 11.6 Å². The quantitative estimate of drug-likeness (QED) is 0.907. The Balaban J connectivity index is 1.91. The number of likely N-dealkylation sites (tertiary alicyclic amines) is 1. The van der Waals surface area contributed by atoms with Crippen molar-refractivity contribution >= 4 is 0 Å². The Hall–Kier alpha value is -1.00. The van der Waals surface area contributed by atoms with E-state index in [0.717, 1.165) is 25.6 Å². The highest BCUT2D eigenvalue weighted by molar-refractivity contribution is 5.21. The van der Waals surface area contributed by atoms with Crippen LogP contribution in [0, 0.1) is 17.0 Å². The van der Waals surface area contributed by atoms with Crippen LogP contribution in [-0.2, 0) is 0 Å². The maximum absolute atomic E-state index is 13.5. The molecule has 1 heterocycles. The summed E-state index contributed by atoms with van der Waals surface area (Å²) in [4.78, 5) is 2.26. The second-order valence-electron chi connectivity index (χ2n) is 6.14. The molecule has 1 aromatic rings. The molecule has 0 spiro atoms. The minimum Gasteiger partial charge on any atom is -0.388 e. The van der Waals surface area contributed by atoms with Gasteiger partial charge in [0.25, 0.3) is 0 Å². The summed E-state index contributed by atoms with van der Waals surface area (Å²) in [5.41, 5.74) is 0.369. The van der Waals surface area contributed by atoms with Crippen molar-refractivity contribution in [3.8, 4) is 0 Å². The van der Waals surface area contributed by atoms with Crippen LogP contribution in [0.15, 0.2) is 18.2 Å². The van der Waals surface area contributed by atoms with E-state index >= 15 is 0 Å². The average molecular weight is 269 g/mol. The van der Waals surface area contributed by atoms with Gasteiger partial charge in [-0.15, -0.1) is 0 Å². The first-order valence-corrected chi connectivity index (χ1v) is 6.73. The zero-order chi connectivity index (χ0) is 14.0. The first kappa shape index (κ1) is 14.4. The highest BCUT2D eigenvalue weighted by Gasteiger charge is 2.29. The summed E-state index contributed by atoms with van der Waals surface area (Å²) in [5, 5.41) is 9.98. The first-order chi connectivity index (χ1) is 8.89. The lowest BCUT2D eigenvalue weighted by Crippen LogP contribution is -2.25. The molecule has 2 nitrogen and oxygen atoms in total. The zero-order valence-electron chi connectivity index (χ0n) is 11.5. The summed E-state index contributed by atoms with van der Waals surface area (Å²) in [5.74, 6) is -1.84. The molecule has 1 atom stereocenters. The van der Waals surface area contributed by atoms with Crippen molar-refractivity contribution in [3.05, 3.63) is 35.4 Å². The predicted molar refractivity (Wildman–Crippen MR) is 70.8 cm³/mol. The van der Waals surface area contributed by atoms with Crippen molar-refractivity contribution in [2.75, 3.05) is 19.6 Å². The second kappa shape index (κ2) is 5.55. The number of halogens is 2. The summed E-state index contributed by atoms with van der Waals surface area (Å²) in [6.45, 7) is 7.14. The Morgan fingerprint density at radius 2 is 2.11 bits per heavy atom.